The van der Waals surface area contributed by atoms with Crippen LogP contribution in [0.2, 0.25) is 0 Å². The predicted molar refractivity (Wildman–Crippen MR) is 65.6 cm³/mol. The van der Waals surface area contributed by atoms with Crippen LogP contribution in [-0.2, 0) is 4.74 Å². The first-order chi connectivity index (χ1) is 8.74. The normalized spacial score (nSPS) is 21.3. The average molecular weight is 249 g/mol. The molecule has 7 heteroatoms. The van der Waals surface area contributed by atoms with Gasteiger partial charge in [0.2, 0.25) is 0 Å². The minimum atomic E-state index is -0.277. The van der Waals surface area contributed by atoms with Gasteiger partial charge in [-0.25, -0.2) is 19.3 Å². The molecule has 0 saturated carbocycles. The van der Waals surface area contributed by atoms with Crippen LogP contribution in [0, 0.1) is 5.92 Å². The Morgan fingerprint density at radius 3 is 3.33 bits per heavy atom. The Morgan fingerprint density at radius 2 is 2.56 bits per heavy atom. The van der Waals surface area contributed by atoms with Crippen molar-refractivity contribution in [2.24, 2.45) is 5.92 Å². The summed E-state index contributed by atoms with van der Waals surface area (Å²) in [7, 11) is 0. The molecular weight excluding hydrogens is 234 g/mol. The van der Waals surface area contributed by atoms with E-state index in [2.05, 4.69) is 27.4 Å². The molecule has 0 aromatic carbocycles. The fourth-order valence-corrected chi connectivity index (χ4v) is 2.19. The van der Waals surface area contributed by atoms with Gasteiger partial charge in [-0.1, -0.05) is 0 Å². The Hall–Kier alpha value is -1.89. The average Bonchev–Trinajstić information content (AvgIpc) is 2.99. The Kier molecular flexibility index (Phi) is 2.75. The van der Waals surface area contributed by atoms with E-state index < -0.39 is 0 Å². The third-order valence-corrected chi connectivity index (χ3v) is 3.36. The van der Waals surface area contributed by atoms with E-state index in [0.717, 1.165) is 25.5 Å². The van der Waals surface area contributed by atoms with Crippen molar-refractivity contribution < 1.29 is 4.74 Å². The van der Waals surface area contributed by atoms with Gasteiger partial charge in [0, 0.05) is 24.6 Å². The van der Waals surface area contributed by atoms with Gasteiger partial charge in [0.1, 0.15) is 12.1 Å². The van der Waals surface area contributed by atoms with E-state index in [9.17, 15) is 4.79 Å². The molecule has 2 aromatic heterocycles. The van der Waals surface area contributed by atoms with Crippen LogP contribution in [0.1, 0.15) is 13.3 Å². The van der Waals surface area contributed by atoms with Crippen molar-refractivity contribution in [2.45, 2.75) is 19.4 Å². The van der Waals surface area contributed by atoms with Crippen LogP contribution in [0.5, 0.6) is 0 Å². The second kappa shape index (κ2) is 4.41. The van der Waals surface area contributed by atoms with Gasteiger partial charge in [0.15, 0.2) is 5.65 Å². The molecule has 2 atom stereocenters. The first kappa shape index (κ1) is 11.2. The molecule has 0 radical (unpaired) electrons. The third-order valence-electron chi connectivity index (χ3n) is 3.36. The van der Waals surface area contributed by atoms with Crippen LogP contribution < -0.4 is 11.0 Å². The number of fused-ring (bicyclic) bond motifs is 1. The number of nitrogens with zero attached hydrogens (tertiary/aromatic N) is 3. The van der Waals surface area contributed by atoms with Crippen molar-refractivity contribution in [1.29, 1.82) is 0 Å². The first-order valence-corrected chi connectivity index (χ1v) is 6.01. The quantitative estimate of drug-likeness (QED) is 0.814. The molecular formula is C11H15N5O2. The standard InChI is InChI=1S/C11H15N5O2/c1-7(8-2-3-18-5-8)13-9-4-10-14-15-11(17)16(10)6-12-9/h4,6-8,13H,2-3,5H2,1H3,(H,15,17). The Bertz CT molecular complexity index is 599. The van der Waals surface area contributed by atoms with Gasteiger partial charge in [-0.3, -0.25) is 0 Å². The molecule has 1 aliphatic heterocycles. The van der Waals surface area contributed by atoms with Crippen molar-refractivity contribution in [2.75, 3.05) is 18.5 Å². The number of anilines is 1. The summed E-state index contributed by atoms with van der Waals surface area (Å²) in [6.45, 7) is 3.73. The van der Waals surface area contributed by atoms with E-state index in [1.807, 2.05) is 0 Å². The van der Waals surface area contributed by atoms with E-state index in [1.54, 1.807) is 6.07 Å². The summed E-state index contributed by atoms with van der Waals surface area (Å²) in [4.78, 5) is 15.5. The molecule has 0 bridgehead atoms. The molecule has 1 fully saturated rings. The first-order valence-electron chi connectivity index (χ1n) is 6.01. The van der Waals surface area contributed by atoms with Crippen LogP contribution in [0.4, 0.5) is 5.82 Å². The number of nitrogens with one attached hydrogen (secondary N) is 2. The number of ether oxygens (including phenoxy) is 1. The second-order valence-electron chi connectivity index (χ2n) is 4.59. The Labute approximate surface area is 103 Å². The number of H-pyrrole nitrogens is 1. The zero-order chi connectivity index (χ0) is 12.5. The van der Waals surface area contributed by atoms with Crippen molar-refractivity contribution in [3.05, 3.63) is 22.9 Å². The van der Waals surface area contributed by atoms with Gasteiger partial charge in [-0.15, -0.1) is 0 Å². The molecule has 0 spiro atoms. The summed E-state index contributed by atoms with van der Waals surface area (Å²) in [6.07, 6.45) is 2.54. The lowest BCUT2D eigenvalue weighted by Gasteiger charge is -2.19. The lowest BCUT2D eigenvalue weighted by molar-refractivity contribution is 0.183. The van der Waals surface area contributed by atoms with Gasteiger partial charge < -0.3 is 10.1 Å². The molecule has 18 heavy (non-hydrogen) atoms. The summed E-state index contributed by atoms with van der Waals surface area (Å²) >= 11 is 0. The zero-order valence-electron chi connectivity index (χ0n) is 10.1. The molecule has 2 aromatic rings. The van der Waals surface area contributed by atoms with Crippen molar-refractivity contribution in [3.8, 4) is 0 Å². The summed E-state index contributed by atoms with van der Waals surface area (Å²) < 4.78 is 6.74. The number of aromatic amines is 1. The van der Waals surface area contributed by atoms with E-state index in [0.29, 0.717) is 11.6 Å². The fraction of sp³-hybridized carbons (Fsp3) is 0.545. The molecule has 0 aliphatic carbocycles. The molecule has 3 rings (SSSR count). The number of hydrogen-bond acceptors (Lipinski definition) is 5. The van der Waals surface area contributed by atoms with Gasteiger partial charge >= 0.3 is 5.69 Å². The van der Waals surface area contributed by atoms with Gasteiger partial charge in [-0.05, 0) is 13.3 Å². The molecule has 0 amide bonds. The van der Waals surface area contributed by atoms with Crippen LogP contribution >= 0.6 is 0 Å². The third kappa shape index (κ3) is 1.97. The zero-order valence-corrected chi connectivity index (χ0v) is 10.1. The molecule has 2 N–H and O–H groups in total. The maximum atomic E-state index is 11.3. The second-order valence-corrected chi connectivity index (χ2v) is 4.59. The summed E-state index contributed by atoms with van der Waals surface area (Å²) in [5.74, 6) is 1.23. The largest absolute Gasteiger partial charge is 0.381 e. The lowest BCUT2D eigenvalue weighted by Crippen LogP contribution is -2.26. The van der Waals surface area contributed by atoms with Crippen molar-refractivity contribution in [3.63, 3.8) is 0 Å². The highest BCUT2D eigenvalue weighted by molar-refractivity contribution is 5.48. The van der Waals surface area contributed by atoms with Gasteiger partial charge in [0.05, 0.1) is 6.61 Å². The molecule has 96 valence electrons. The predicted octanol–water partition coefficient (Wildman–Crippen LogP) is 0.254. The summed E-state index contributed by atoms with van der Waals surface area (Å²) in [5.41, 5.74) is 0.286. The van der Waals surface area contributed by atoms with E-state index >= 15 is 0 Å². The van der Waals surface area contributed by atoms with E-state index in [4.69, 9.17) is 4.74 Å². The highest BCUT2D eigenvalue weighted by atomic mass is 16.5. The van der Waals surface area contributed by atoms with Crippen LogP contribution in [0.15, 0.2) is 17.2 Å². The number of rotatable bonds is 3. The van der Waals surface area contributed by atoms with Crippen molar-refractivity contribution >= 4 is 11.5 Å². The van der Waals surface area contributed by atoms with Crippen LogP contribution in [-0.4, -0.2) is 38.8 Å². The summed E-state index contributed by atoms with van der Waals surface area (Å²) in [5, 5.41) is 9.61. The Morgan fingerprint density at radius 1 is 1.67 bits per heavy atom. The molecule has 7 nitrogen and oxygen atoms in total. The fourth-order valence-electron chi connectivity index (χ4n) is 2.19. The molecule has 2 unspecified atom stereocenters. The molecule has 1 saturated heterocycles. The maximum Gasteiger partial charge on any atom is 0.348 e. The Balaban J connectivity index is 1.79. The highest BCUT2D eigenvalue weighted by Gasteiger charge is 2.22. The molecule has 1 aliphatic rings. The minimum Gasteiger partial charge on any atom is -0.381 e. The molecule has 3 heterocycles. The lowest BCUT2D eigenvalue weighted by atomic mass is 10.0. The van der Waals surface area contributed by atoms with Crippen LogP contribution in [0.25, 0.3) is 5.65 Å². The van der Waals surface area contributed by atoms with Crippen molar-refractivity contribution in [1.82, 2.24) is 19.6 Å². The SMILES string of the molecule is CC(Nc1cc2n[nH]c(=O)n2cn1)C1CCOC1. The number of hydrogen-bond donors (Lipinski definition) is 2. The monoisotopic (exact) mass is 249 g/mol. The van der Waals surface area contributed by atoms with Crippen LogP contribution in [0.3, 0.4) is 0 Å². The highest BCUT2D eigenvalue weighted by Crippen LogP contribution is 2.19. The maximum absolute atomic E-state index is 11.3. The van der Waals surface area contributed by atoms with Gasteiger partial charge in [0.25, 0.3) is 0 Å². The van der Waals surface area contributed by atoms with E-state index in [-0.39, 0.29) is 11.7 Å². The smallest absolute Gasteiger partial charge is 0.348 e. The number of aromatic nitrogens is 4. The minimum absolute atomic E-state index is 0.277. The topological polar surface area (TPSA) is 84.3 Å². The summed E-state index contributed by atoms with van der Waals surface area (Å²) in [6, 6.07) is 2.04. The van der Waals surface area contributed by atoms with E-state index in [1.165, 1.54) is 10.7 Å². The van der Waals surface area contributed by atoms with Gasteiger partial charge in [-0.2, -0.15) is 5.10 Å².